The zero-order chi connectivity index (χ0) is 20.6. The van der Waals surface area contributed by atoms with E-state index in [0.29, 0.717) is 32.1 Å². The molecule has 9 nitrogen and oxygen atoms in total. The molecule has 0 unspecified atom stereocenters. The Labute approximate surface area is 172 Å². The molecule has 1 aliphatic carbocycles. The Bertz CT molecular complexity index is 930. The lowest BCUT2D eigenvalue weighted by Gasteiger charge is -2.47. The number of rotatable bonds is 3. The van der Waals surface area contributed by atoms with Crippen molar-refractivity contribution in [1.82, 2.24) is 4.31 Å². The Hall–Kier alpha value is -2.33. The van der Waals surface area contributed by atoms with E-state index in [1.165, 1.54) is 17.0 Å². The highest BCUT2D eigenvalue weighted by atomic mass is 32.2. The predicted molar refractivity (Wildman–Crippen MR) is 117 cm³/mol. The molecule has 2 heterocycles. The minimum Gasteiger partial charge on any atom is -0.369 e. The van der Waals surface area contributed by atoms with E-state index in [1.807, 2.05) is 23.1 Å². The van der Waals surface area contributed by atoms with Crippen molar-refractivity contribution < 1.29 is 8.42 Å². The topological polar surface area (TPSA) is 121 Å². The third kappa shape index (κ3) is 3.78. The van der Waals surface area contributed by atoms with E-state index in [2.05, 4.69) is 16.0 Å². The lowest BCUT2D eigenvalue weighted by molar-refractivity contribution is 0.305. The first-order valence-corrected chi connectivity index (χ1v) is 11.9. The molecule has 0 amide bonds. The molecule has 29 heavy (non-hydrogen) atoms. The van der Waals surface area contributed by atoms with Crippen LogP contribution in [0.2, 0.25) is 0 Å². The van der Waals surface area contributed by atoms with Crippen molar-refractivity contribution >= 4 is 33.3 Å². The van der Waals surface area contributed by atoms with E-state index < -0.39 is 15.7 Å². The molecule has 2 fully saturated rings. The van der Waals surface area contributed by atoms with Gasteiger partial charge in [-0.3, -0.25) is 4.90 Å². The van der Waals surface area contributed by atoms with Gasteiger partial charge in [0.05, 0.1) is 17.6 Å². The quantitative estimate of drug-likeness (QED) is 0.750. The Kier molecular flexibility index (Phi) is 5.16. The normalized spacial score (nSPS) is 23.1. The molecule has 158 valence electrons. The summed E-state index contributed by atoms with van der Waals surface area (Å²) in [7, 11) is -3.17. The van der Waals surface area contributed by atoms with E-state index >= 15 is 0 Å². The van der Waals surface area contributed by atoms with Gasteiger partial charge in [-0.1, -0.05) is 18.6 Å². The number of piperazine rings is 1. The number of hydrogen-bond acceptors (Lipinski definition) is 8. The zero-order valence-electron chi connectivity index (χ0n) is 16.8. The van der Waals surface area contributed by atoms with Gasteiger partial charge in [0.15, 0.2) is 0 Å². The first-order valence-electron chi connectivity index (χ1n) is 10.1. The number of guanidine groups is 2. The Morgan fingerprint density at radius 2 is 1.59 bits per heavy atom. The summed E-state index contributed by atoms with van der Waals surface area (Å²) in [6, 6.07) is 8.06. The third-order valence-corrected chi connectivity index (χ3v) is 7.33. The van der Waals surface area contributed by atoms with Crippen LogP contribution in [-0.4, -0.2) is 62.7 Å². The summed E-state index contributed by atoms with van der Waals surface area (Å²) in [5, 5.41) is 0. The SMILES string of the molecule is CS(=O)(=O)N1CCN(c2ccccc2N2C(N)=NC(N)=NC23CCCCC3)CC1. The van der Waals surface area contributed by atoms with Crippen molar-refractivity contribution in [1.29, 1.82) is 0 Å². The molecular formula is C19H29N7O2S. The summed E-state index contributed by atoms with van der Waals surface area (Å²) >= 11 is 0. The van der Waals surface area contributed by atoms with Crippen LogP contribution < -0.4 is 21.3 Å². The summed E-state index contributed by atoms with van der Waals surface area (Å²) < 4.78 is 25.2. The van der Waals surface area contributed by atoms with Gasteiger partial charge in [-0.15, -0.1) is 0 Å². The predicted octanol–water partition coefficient (Wildman–Crippen LogP) is 0.878. The summed E-state index contributed by atoms with van der Waals surface area (Å²) in [5.41, 5.74) is 13.8. The van der Waals surface area contributed by atoms with Gasteiger partial charge in [0, 0.05) is 26.2 Å². The number of aliphatic imine (C=N–C) groups is 2. The molecule has 4 rings (SSSR count). The van der Waals surface area contributed by atoms with Crippen molar-refractivity contribution in [2.75, 3.05) is 42.2 Å². The van der Waals surface area contributed by atoms with Crippen LogP contribution in [0.4, 0.5) is 11.4 Å². The average Bonchev–Trinajstić information content (AvgIpc) is 2.68. The second-order valence-electron chi connectivity index (χ2n) is 7.96. The fourth-order valence-corrected chi connectivity index (χ4v) is 5.48. The van der Waals surface area contributed by atoms with Crippen LogP contribution in [-0.2, 0) is 10.0 Å². The molecule has 10 heteroatoms. The monoisotopic (exact) mass is 419 g/mol. The highest BCUT2D eigenvalue weighted by Crippen LogP contribution is 2.42. The number of nitrogens with two attached hydrogens (primary N) is 2. The van der Waals surface area contributed by atoms with Gasteiger partial charge in [0.2, 0.25) is 21.9 Å². The maximum absolute atomic E-state index is 11.9. The van der Waals surface area contributed by atoms with Crippen molar-refractivity contribution in [3.05, 3.63) is 24.3 Å². The van der Waals surface area contributed by atoms with Gasteiger partial charge in [-0.25, -0.2) is 13.4 Å². The van der Waals surface area contributed by atoms with Gasteiger partial charge < -0.3 is 16.4 Å². The second-order valence-corrected chi connectivity index (χ2v) is 9.94. The molecule has 0 radical (unpaired) electrons. The molecular weight excluding hydrogens is 390 g/mol. The molecule has 1 aromatic rings. The fourth-order valence-electron chi connectivity index (χ4n) is 4.65. The Balaban J connectivity index is 1.68. The first kappa shape index (κ1) is 20.0. The van der Waals surface area contributed by atoms with Crippen LogP contribution in [0.1, 0.15) is 32.1 Å². The summed E-state index contributed by atoms with van der Waals surface area (Å²) in [5.74, 6) is 0.599. The molecule has 4 N–H and O–H groups in total. The van der Waals surface area contributed by atoms with Gasteiger partial charge >= 0.3 is 0 Å². The van der Waals surface area contributed by atoms with Crippen LogP contribution >= 0.6 is 0 Å². The molecule has 1 aromatic carbocycles. The van der Waals surface area contributed by atoms with E-state index in [9.17, 15) is 8.42 Å². The molecule has 0 aromatic heterocycles. The number of hydrogen-bond donors (Lipinski definition) is 2. The molecule has 0 atom stereocenters. The number of para-hydroxylation sites is 2. The number of anilines is 2. The maximum atomic E-state index is 11.9. The zero-order valence-corrected chi connectivity index (χ0v) is 17.6. The number of benzene rings is 1. The first-order chi connectivity index (χ1) is 13.8. The maximum Gasteiger partial charge on any atom is 0.220 e. The molecule has 1 saturated carbocycles. The van der Waals surface area contributed by atoms with Crippen molar-refractivity contribution in [3.8, 4) is 0 Å². The summed E-state index contributed by atoms with van der Waals surface area (Å²) in [6.07, 6.45) is 6.32. The Morgan fingerprint density at radius 3 is 2.21 bits per heavy atom. The van der Waals surface area contributed by atoms with Crippen LogP contribution in [0.15, 0.2) is 34.3 Å². The smallest absolute Gasteiger partial charge is 0.220 e. The van der Waals surface area contributed by atoms with E-state index in [1.54, 1.807) is 0 Å². The minimum atomic E-state index is -3.17. The minimum absolute atomic E-state index is 0.236. The molecule has 3 aliphatic rings. The highest BCUT2D eigenvalue weighted by molar-refractivity contribution is 7.88. The molecule has 2 aliphatic heterocycles. The molecule has 0 bridgehead atoms. The summed E-state index contributed by atoms with van der Waals surface area (Å²) in [4.78, 5) is 13.3. The van der Waals surface area contributed by atoms with Crippen LogP contribution in [0.3, 0.4) is 0 Å². The van der Waals surface area contributed by atoms with Crippen LogP contribution in [0, 0.1) is 0 Å². The molecule has 1 saturated heterocycles. The van der Waals surface area contributed by atoms with Crippen LogP contribution in [0.25, 0.3) is 0 Å². The lowest BCUT2D eigenvalue weighted by atomic mass is 9.87. The van der Waals surface area contributed by atoms with Gasteiger partial charge in [0.25, 0.3) is 0 Å². The second kappa shape index (κ2) is 7.49. The van der Waals surface area contributed by atoms with Crippen molar-refractivity contribution in [3.63, 3.8) is 0 Å². The average molecular weight is 420 g/mol. The third-order valence-electron chi connectivity index (χ3n) is 6.02. The van der Waals surface area contributed by atoms with Crippen LogP contribution in [0.5, 0.6) is 0 Å². The van der Waals surface area contributed by atoms with Gasteiger partial charge in [-0.05, 0) is 37.8 Å². The highest BCUT2D eigenvalue weighted by Gasteiger charge is 2.43. The number of nitrogens with zero attached hydrogens (tertiary/aromatic N) is 5. The summed E-state index contributed by atoms with van der Waals surface area (Å²) in [6.45, 7) is 2.17. The van der Waals surface area contributed by atoms with E-state index in [-0.39, 0.29) is 5.96 Å². The van der Waals surface area contributed by atoms with Crippen molar-refractivity contribution in [2.45, 2.75) is 37.8 Å². The molecule has 1 spiro atoms. The van der Waals surface area contributed by atoms with E-state index in [4.69, 9.17) is 16.5 Å². The van der Waals surface area contributed by atoms with Crippen molar-refractivity contribution in [2.24, 2.45) is 21.5 Å². The Morgan fingerprint density at radius 1 is 0.966 bits per heavy atom. The largest absolute Gasteiger partial charge is 0.369 e. The van der Waals surface area contributed by atoms with Gasteiger partial charge in [0.1, 0.15) is 5.66 Å². The standard InChI is InChI=1S/C19H29N7O2S/c1-29(27,28)25-13-11-24(12-14-25)15-7-3-4-8-16(15)26-18(21)22-17(20)23-19(26)9-5-2-6-10-19/h3-4,7-8H,2,5-6,9-14H2,1H3,(H4,20,21,22,23). The van der Waals surface area contributed by atoms with Gasteiger partial charge in [-0.2, -0.15) is 9.30 Å². The fraction of sp³-hybridized carbons (Fsp3) is 0.579. The van der Waals surface area contributed by atoms with E-state index in [0.717, 1.165) is 37.1 Å². The number of sulfonamides is 1. The lowest BCUT2D eigenvalue weighted by Crippen LogP contribution is -2.58.